The molecule has 5 heteroatoms. The maximum absolute atomic E-state index is 12.5. The largest absolute Gasteiger partial charge is 0.469 e. The SMILES string of the molecule is COC(=O)C(CS(=O)c1ccccc1Cl)c1ccccc1. The monoisotopic (exact) mass is 322 g/mol. The highest BCUT2D eigenvalue weighted by Gasteiger charge is 2.25. The standard InChI is InChI=1S/C16H15ClO3S/c1-20-16(18)13(12-7-3-2-4-8-12)11-21(19)15-10-6-5-9-14(15)17/h2-10,13H,11H2,1H3. The lowest BCUT2D eigenvalue weighted by Crippen LogP contribution is -2.20. The van der Waals surface area contributed by atoms with Gasteiger partial charge in [-0.3, -0.25) is 9.00 Å². The highest BCUT2D eigenvalue weighted by Crippen LogP contribution is 2.24. The van der Waals surface area contributed by atoms with E-state index in [1.54, 1.807) is 24.3 Å². The Morgan fingerprint density at radius 3 is 2.38 bits per heavy atom. The van der Waals surface area contributed by atoms with Gasteiger partial charge in [-0.1, -0.05) is 54.1 Å². The van der Waals surface area contributed by atoms with Gasteiger partial charge in [-0.2, -0.15) is 0 Å². The number of hydrogen-bond donors (Lipinski definition) is 0. The molecule has 0 amide bonds. The Hall–Kier alpha value is -1.65. The second-order valence-corrected chi connectivity index (χ2v) is 6.30. The average Bonchev–Trinajstić information content (AvgIpc) is 2.53. The number of benzene rings is 2. The Kier molecular flexibility index (Phi) is 5.53. The molecule has 0 radical (unpaired) electrons. The lowest BCUT2D eigenvalue weighted by molar-refractivity contribution is -0.141. The van der Waals surface area contributed by atoms with E-state index in [4.69, 9.17) is 16.3 Å². The Morgan fingerprint density at radius 1 is 1.14 bits per heavy atom. The number of hydrogen-bond acceptors (Lipinski definition) is 3. The van der Waals surface area contributed by atoms with Gasteiger partial charge in [-0.25, -0.2) is 0 Å². The predicted molar refractivity (Wildman–Crippen MR) is 83.9 cm³/mol. The summed E-state index contributed by atoms with van der Waals surface area (Å²) in [6.45, 7) is 0. The zero-order chi connectivity index (χ0) is 15.2. The summed E-state index contributed by atoms with van der Waals surface area (Å²) < 4.78 is 17.3. The van der Waals surface area contributed by atoms with E-state index in [0.29, 0.717) is 9.92 Å². The highest BCUT2D eigenvalue weighted by molar-refractivity contribution is 7.85. The van der Waals surface area contributed by atoms with Crippen LogP contribution < -0.4 is 0 Å². The Bertz CT molecular complexity index is 643. The van der Waals surface area contributed by atoms with Crippen LogP contribution in [-0.4, -0.2) is 23.0 Å². The normalized spacial score (nSPS) is 13.4. The third-order valence-electron chi connectivity index (χ3n) is 3.09. The van der Waals surface area contributed by atoms with E-state index in [1.807, 2.05) is 30.3 Å². The topological polar surface area (TPSA) is 43.4 Å². The van der Waals surface area contributed by atoms with E-state index < -0.39 is 22.7 Å². The molecule has 0 aliphatic rings. The number of carbonyl (C=O) groups is 1. The number of halogens is 1. The minimum atomic E-state index is -1.38. The predicted octanol–water partition coefficient (Wildman–Crippen LogP) is 3.40. The molecule has 0 bridgehead atoms. The quantitative estimate of drug-likeness (QED) is 0.792. The first kappa shape index (κ1) is 15.7. The summed E-state index contributed by atoms with van der Waals surface area (Å²) in [7, 11) is -0.0505. The first-order valence-corrected chi connectivity index (χ1v) is 8.09. The first-order valence-electron chi connectivity index (χ1n) is 6.39. The number of methoxy groups -OCH3 is 1. The minimum Gasteiger partial charge on any atom is -0.469 e. The molecule has 2 rings (SSSR count). The van der Waals surface area contributed by atoms with Gasteiger partial charge in [-0.05, 0) is 17.7 Å². The smallest absolute Gasteiger partial charge is 0.314 e. The highest BCUT2D eigenvalue weighted by atomic mass is 35.5. The fourth-order valence-corrected chi connectivity index (χ4v) is 3.72. The van der Waals surface area contributed by atoms with Gasteiger partial charge in [0.05, 0.1) is 33.7 Å². The summed E-state index contributed by atoms with van der Waals surface area (Å²) in [4.78, 5) is 12.5. The fraction of sp³-hybridized carbons (Fsp3) is 0.188. The Balaban J connectivity index is 2.26. The zero-order valence-electron chi connectivity index (χ0n) is 11.5. The molecule has 0 saturated heterocycles. The average molecular weight is 323 g/mol. The van der Waals surface area contributed by atoms with Crippen molar-refractivity contribution in [3.63, 3.8) is 0 Å². The number of esters is 1. The van der Waals surface area contributed by atoms with Crippen molar-refractivity contribution < 1.29 is 13.7 Å². The van der Waals surface area contributed by atoms with Gasteiger partial charge in [0.15, 0.2) is 0 Å². The van der Waals surface area contributed by atoms with Crippen molar-refractivity contribution in [3.05, 3.63) is 65.2 Å². The van der Waals surface area contributed by atoms with Crippen LogP contribution in [0.2, 0.25) is 5.02 Å². The minimum absolute atomic E-state index is 0.139. The van der Waals surface area contributed by atoms with Crippen LogP contribution in [0.1, 0.15) is 11.5 Å². The summed E-state index contributed by atoms with van der Waals surface area (Å²) in [6.07, 6.45) is 0. The summed E-state index contributed by atoms with van der Waals surface area (Å²) >= 11 is 6.05. The van der Waals surface area contributed by atoms with Crippen molar-refractivity contribution in [1.82, 2.24) is 0 Å². The second-order valence-electron chi connectivity index (χ2n) is 4.43. The Morgan fingerprint density at radius 2 is 1.76 bits per heavy atom. The van der Waals surface area contributed by atoms with Crippen molar-refractivity contribution in [2.24, 2.45) is 0 Å². The number of carbonyl (C=O) groups excluding carboxylic acids is 1. The van der Waals surface area contributed by atoms with Crippen LogP contribution in [0.5, 0.6) is 0 Å². The number of rotatable bonds is 5. The van der Waals surface area contributed by atoms with Crippen molar-refractivity contribution >= 4 is 28.4 Å². The molecule has 0 aromatic heterocycles. The van der Waals surface area contributed by atoms with Crippen LogP contribution >= 0.6 is 11.6 Å². The van der Waals surface area contributed by atoms with Gasteiger partial charge in [0.25, 0.3) is 0 Å². The zero-order valence-corrected chi connectivity index (χ0v) is 13.1. The molecular formula is C16H15ClO3S. The molecule has 0 saturated carbocycles. The molecule has 0 spiro atoms. The summed E-state index contributed by atoms with van der Waals surface area (Å²) in [6, 6.07) is 16.1. The van der Waals surface area contributed by atoms with Crippen molar-refractivity contribution in [3.8, 4) is 0 Å². The molecule has 0 aliphatic heterocycles. The molecule has 2 aromatic rings. The Labute approximate surface area is 131 Å². The number of ether oxygens (including phenoxy) is 1. The van der Waals surface area contributed by atoms with E-state index in [1.165, 1.54) is 7.11 Å². The van der Waals surface area contributed by atoms with Gasteiger partial charge < -0.3 is 4.74 Å². The van der Waals surface area contributed by atoms with Gasteiger partial charge >= 0.3 is 5.97 Å². The van der Waals surface area contributed by atoms with Crippen LogP contribution in [0, 0.1) is 0 Å². The maximum atomic E-state index is 12.5. The molecule has 2 unspecified atom stereocenters. The van der Waals surface area contributed by atoms with Gasteiger partial charge in [0.2, 0.25) is 0 Å². The molecular weight excluding hydrogens is 308 g/mol. The van der Waals surface area contributed by atoms with Crippen molar-refractivity contribution in [2.45, 2.75) is 10.8 Å². The maximum Gasteiger partial charge on any atom is 0.314 e. The van der Waals surface area contributed by atoms with Gasteiger partial charge in [0.1, 0.15) is 0 Å². The molecule has 2 aromatic carbocycles. The van der Waals surface area contributed by atoms with Crippen molar-refractivity contribution in [1.29, 1.82) is 0 Å². The summed E-state index contributed by atoms with van der Waals surface area (Å²) in [5, 5.41) is 0.438. The molecule has 0 heterocycles. The third-order valence-corrected chi connectivity index (χ3v) is 5.01. The van der Waals surface area contributed by atoms with Crippen LogP contribution in [0.25, 0.3) is 0 Å². The molecule has 0 N–H and O–H groups in total. The van der Waals surface area contributed by atoms with E-state index in [0.717, 1.165) is 5.56 Å². The lowest BCUT2D eigenvalue weighted by Gasteiger charge is -2.15. The molecule has 0 fully saturated rings. The van der Waals surface area contributed by atoms with E-state index >= 15 is 0 Å². The van der Waals surface area contributed by atoms with Crippen LogP contribution in [0.3, 0.4) is 0 Å². The van der Waals surface area contributed by atoms with E-state index in [-0.39, 0.29) is 5.75 Å². The summed E-state index contributed by atoms with van der Waals surface area (Å²) in [5.74, 6) is -0.838. The molecule has 2 atom stereocenters. The molecule has 21 heavy (non-hydrogen) atoms. The first-order chi connectivity index (χ1) is 10.1. The van der Waals surface area contributed by atoms with E-state index in [9.17, 15) is 9.00 Å². The second kappa shape index (κ2) is 7.38. The lowest BCUT2D eigenvalue weighted by atomic mass is 10.0. The summed E-state index contributed by atoms with van der Waals surface area (Å²) in [5.41, 5.74) is 0.782. The molecule has 3 nitrogen and oxygen atoms in total. The van der Waals surface area contributed by atoms with Gasteiger partial charge in [0, 0.05) is 5.75 Å². The van der Waals surface area contributed by atoms with Crippen LogP contribution in [-0.2, 0) is 20.3 Å². The van der Waals surface area contributed by atoms with Crippen LogP contribution in [0.4, 0.5) is 0 Å². The van der Waals surface area contributed by atoms with E-state index in [2.05, 4.69) is 0 Å². The van der Waals surface area contributed by atoms with Crippen molar-refractivity contribution in [2.75, 3.05) is 12.9 Å². The van der Waals surface area contributed by atoms with Crippen LogP contribution in [0.15, 0.2) is 59.5 Å². The molecule has 0 aliphatic carbocycles. The van der Waals surface area contributed by atoms with Gasteiger partial charge in [-0.15, -0.1) is 0 Å². The fourth-order valence-electron chi connectivity index (χ4n) is 2.00. The molecule has 110 valence electrons. The third kappa shape index (κ3) is 3.93.